The fraction of sp³-hybridized carbons (Fsp3) is 0. The second kappa shape index (κ2) is 11.1. The molecule has 226 valence electrons. The monoisotopic (exact) mass is 666 g/mol. The third-order valence-corrected chi connectivity index (χ3v) is 12.4. The molecular weight excluding hydrogens is 641 g/mol. The SMILES string of the molecule is c1ccc(-c2ccc(N(c3ccc4c(c3)sc3ccccc34)c3ccc4c(c3)sc3ccc5sc(-c6ccccc6)nc5c34)cc2)cc1. The number of thiazole rings is 1. The second-order valence-electron chi connectivity index (χ2n) is 12.0. The number of fused-ring (bicyclic) bond motifs is 8. The standard InChI is InChI=1S/C43H26N2S3/c1-3-9-27(10-4-1)28-15-17-30(18-16-28)45(31-19-21-34-33-13-7-8-14-36(33)46-39(34)25-31)32-20-22-35-40(26-32)47-37-23-24-38-42(41(35)37)44-43(48-38)29-11-5-2-6-12-29/h1-26H. The van der Waals surface area contributed by atoms with Crippen LogP contribution in [0.15, 0.2) is 158 Å². The second-order valence-corrected chi connectivity index (χ2v) is 15.2. The summed E-state index contributed by atoms with van der Waals surface area (Å²) < 4.78 is 6.37. The van der Waals surface area contributed by atoms with Crippen molar-refractivity contribution in [2.45, 2.75) is 0 Å². The molecule has 0 spiro atoms. The number of anilines is 3. The fourth-order valence-corrected chi connectivity index (χ4v) is 10.1. The Morgan fingerprint density at radius 2 is 0.938 bits per heavy atom. The van der Waals surface area contributed by atoms with Crippen LogP contribution in [0.4, 0.5) is 17.1 Å². The zero-order valence-corrected chi connectivity index (χ0v) is 28.1. The zero-order chi connectivity index (χ0) is 31.6. The van der Waals surface area contributed by atoms with E-state index in [4.69, 9.17) is 4.98 Å². The first-order valence-electron chi connectivity index (χ1n) is 15.9. The lowest BCUT2D eigenvalue weighted by atomic mass is 10.0. The van der Waals surface area contributed by atoms with Gasteiger partial charge in [0, 0.05) is 63.0 Å². The van der Waals surface area contributed by atoms with E-state index < -0.39 is 0 Å². The number of hydrogen-bond donors (Lipinski definition) is 0. The molecule has 0 aliphatic rings. The maximum atomic E-state index is 5.18. The predicted molar refractivity (Wildman–Crippen MR) is 211 cm³/mol. The average molecular weight is 667 g/mol. The largest absolute Gasteiger partial charge is 0.310 e. The number of hydrogen-bond acceptors (Lipinski definition) is 5. The summed E-state index contributed by atoms with van der Waals surface area (Å²) in [4.78, 5) is 7.58. The van der Waals surface area contributed by atoms with Crippen molar-refractivity contribution in [2.24, 2.45) is 0 Å². The molecule has 0 radical (unpaired) electrons. The van der Waals surface area contributed by atoms with Gasteiger partial charge in [-0.1, -0.05) is 103 Å². The molecule has 0 saturated carbocycles. The Morgan fingerprint density at radius 1 is 0.375 bits per heavy atom. The highest BCUT2D eigenvalue weighted by atomic mass is 32.1. The van der Waals surface area contributed by atoms with Crippen LogP contribution in [-0.2, 0) is 0 Å². The molecule has 5 heteroatoms. The van der Waals surface area contributed by atoms with Gasteiger partial charge in [-0.2, -0.15) is 0 Å². The molecule has 0 fully saturated rings. The summed E-state index contributed by atoms with van der Waals surface area (Å²) in [5, 5.41) is 6.20. The van der Waals surface area contributed by atoms with E-state index in [1.54, 1.807) is 11.3 Å². The molecule has 10 rings (SSSR count). The van der Waals surface area contributed by atoms with Gasteiger partial charge >= 0.3 is 0 Å². The van der Waals surface area contributed by atoms with Gasteiger partial charge in [-0.15, -0.1) is 34.0 Å². The molecule has 0 aliphatic heterocycles. The predicted octanol–water partition coefficient (Wildman–Crippen LogP) is 13.8. The first kappa shape index (κ1) is 27.8. The van der Waals surface area contributed by atoms with E-state index in [9.17, 15) is 0 Å². The molecule has 0 aliphatic carbocycles. The third-order valence-electron chi connectivity index (χ3n) is 9.11. The van der Waals surface area contributed by atoms with Crippen LogP contribution in [0.3, 0.4) is 0 Å². The van der Waals surface area contributed by atoms with Crippen LogP contribution in [0.5, 0.6) is 0 Å². The van der Waals surface area contributed by atoms with Gasteiger partial charge in [0.1, 0.15) is 5.01 Å². The van der Waals surface area contributed by atoms with Crippen molar-refractivity contribution in [3.8, 4) is 21.7 Å². The van der Waals surface area contributed by atoms with E-state index in [2.05, 4.69) is 163 Å². The lowest BCUT2D eigenvalue weighted by molar-refractivity contribution is 1.30. The smallest absolute Gasteiger partial charge is 0.124 e. The lowest BCUT2D eigenvalue weighted by Crippen LogP contribution is -2.09. The first-order chi connectivity index (χ1) is 23.8. The van der Waals surface area contributed by atoms with Gasteiger partial charge in [0.25, 0.3) is 0 Å². The minimum absolute atomic E-state index is 1.07. The van der Waals surface area contributed by atoms with Crippen LogP contribution in [0.2, 0.25) is 0 Å². The highest BCUT2D eigenvalue weighted by Crippen LogP contribution is 2.45. The van der Waals surface area contributed by atoms with Gasteiger partial charge in [0.05, 0.1) is 10.2 Å². The van der Waals surface area contributed by atoms with E-state index in [0.717, 1.165) is 27.6 Å². The van der Waals surface area contributed by atoms with Crippen LogP contribution in [0, 0.1) is 0 Å². The first-order valence-corrected chi connectivity index (χ1v) is 18.4. The highest BCUT2D eigenvalue weighted by Gasteiger charge is 2.19. The molecule has 0 bridgehead atoms. The molecule has 3 aromatic heterocycles. The fourth-order valence-electron chi connectivity index (χ4n) is 6.82. The Kier molecular flexibility index (Phi) is 6.44. The minimum atomic E-state index is 1.07. The number of rotatable bonds is 5. The Morgan fingerprint density at radius 3 is 1.71 bits per heavy atom. The van der Waals surface area contributed by atoms with E-state index >= 15 is 0 Å². The molecule has 0 unspecified atom stereocenters. The minimum Gasteiger partial charge on any atom is -0.310 e. The van der Waals surface area contributed by atoms with Crippen molar-refractivity contribution >= 4 is 102 Å². The van der Waals surface area contributed by atoms with E-state index in [0.29, 0.717) is 0 Å². The molecule has 48 heavy (non-hydrogen) atoms. The van der Waals surface area contributed by atoms with Crippen molar-refractivity contribution in [3.63, 3.8) is 0 Å². The summed E-state index contributed by atoms with van der Waals surface area (Å²) in [6, 6.07) is 57.1. The summed E-state index contributed by atoms with van der Waals surface area (Å²) in [6.45, 7) is 0. The van der Waals surface area contributed by atoms with Crippen LogP contribution >= 0.6 is 34.0 Å². The van der Waals surface area contributed by atoms with Crippen molar-refractivity contribution in [3.05, 3.63) is 158 Å². The average Bonchev–Trinajstić information content (AvgIpc) is 3.85. The van der Waals surface area contributed by atoms with Crippen molar-refractivity contribution < 1.29 is 0 Å². The number of nitrogens with zero attached hydrogens (tertiary/aromatic N) is 2. The Labute approximate surface area is 289 Å². The molecular formula is C43H26N2S3. The molecule has 7 aromatic carbocycles. The van der Waals surface area contributed by atoms with Crippen LogP contribution < -0.4 is 4.90 Å². The summed E-state index contributed by atoms with van der Waals surface area (Å²) >= 11 is 5.48. The van der Waals surface area contributed by atoms with Gasteiger partial charge in [0.15, 0.2) is 0 Å². The molecule has 0 N–H and O–H groups in total. The third kappa shape index (κ3) is 4.54. The van der Waals surface area contributed by atoms with Crippen molar-refractivity contribution in [2.75, 3.05) is 4.90 Å². The Hall–Kier alpha value is -5.33. The topological polar surface area (TPSA) is 16.1 Å². The molecule has 0 amide bonds. The summed E-state index contributed by atoms with van der Waals surface area (Å²) in [7, 11) is 0. The summed E-state index contributed by atoms with van der Waals surface area (Å²) in [5.41, 5.74) is 8.11. The number of aromatic nitrogens is 1. The molecule has 0 saturated heterocycles. The number of benzene rings is 7. The van der Waals surface area contributed by atoms with Gasteiger partial charge in [-0.25, -0.2) is 4.98 Å². The van der Waals surface area contributed by atoms with E-state index in [1.807, 2.05) is 22.7 Å². The molecule has 3 heterocycles. The summed E-state index contributed by atoms with van der Waals surface area (Å²) in [6.07, 6.45) is 0. The highest BCUT2D eigenvalue weighted by molar-refractivity contribution is 7.27. The zero-order valence-electron chi connectivity index (χ0n) is 25.6. The maximum absolute atomic E-state index is 5.18. The molecule has 2 nitrogen and oxygen atoms in total. The van der Waals surface area contributed by atoms with Gasteiger partial charge in [-0.3, -0.25) is 0 Å². The van der Waals surface area contributed by atoms with Crippen molar-refractivity contribution in [1.29, 1.82) is 0 Å². The number of thiophene rings is 2. The maximum Gasteiger partial charge on any atom is 0.124 e. The Balaban J connectivity index is 1.14. The van der Waals surface area contributed by atoms with Gasteiger partial charge < -0.3 is 4.90 Å². The van der Waals surface area contributed by atoms with Crippen LogP contribution in [0.25, 0.3) is 72.3 Å². The quantitative estimate of drug-likeness (QED) is 0.182. The van der Waals surface area contributed by atoms with E-state index in [1.165, 1.54) is 61.7 Å². The van der Waals surface area contributed by atoms with E-state index in [-0.39, 0.29) is 0 Å². The van der Waals surface area contributed by atoms with Crippen molar-refractivity contribution in [1.82, 2.24) is 4.98 Å². The lowest BCUT2D eigenvalue weighted by Gasteiger charge is -2.26. The Bertz CT molecular complexity index is 2770. The van der Waals surface area contributed by atoms with Gasteiger partial charge in [0.2, 0.25) is 0 Å². The van der Waals surface area contributed by atoms with Crippen LogP contribution in [-0.4, -0.2) is 4.98 Å². The molecule has 0 atom stereocenters. The molecule has 10 aromatic rings. The normalized spacial score (nSPS) is 11.8. The van der Waals surface area contributed by atoms with Crippen LogP contribution in [0.1, 0.15) is 0 Å². The van der Waals surface area contributed by atoms with Gasteiger partial charge in [-0.05, 0) is 65.7 Å². The summed E-state index contributed by atoms with van der Waals surface area (Å²) in [5.74, 6) is 0.